The Hall–Kier alpha value is -2.76. The summed E-state index contributed by atoms with van der Waals surface area (Å²) >= 11 is 0. The van der Waals surface area contributed by atoms with Gasteiger partial charge in [-0.1, -0.05) is 96.1 Å². The molecule has 0 spiro atoms. The zero-order valence-electron chi connectivity index (χ0n) is 23.3. The van der Waals surface area contributed by atoms with E-state index in [0.717, 1.165) is 24.8 Å². The highest BCUT2D eigenvalue weighted by atomic mass is 16.5. The molecule has 37 heavy (non-hydrogen) atoms. The SMILES string of the molecule is CCCCCCCCCCCCCCCc1cccc(OC)c1C1C(C(=O)O)=C(C)NC(C)=C1C(=O)O. The van der Waals surface area contributed by atoms with Crippen LogP contribution in [-0.2, 0) is 16.0 Å². The zero-order valence-corrected chi connectivity index (χ0v) is 23.3. The van der Waals surface area contributed by atoms with Gasteiger partial charge in [-0.25, -0.2) is 9.59 Å². The second-order valence-electron chi connectivity index (χ2n) is 10.3. The van der Waals surface area contributed by atoms with Crippen molar-refractivity contribution >= 4 is 11.9 Å². The van der Waals surface area contributed by atoms with Crippen LogP contribution < -0.4 is 10.1 Å². The number of aryl methyl sites for hydroxylation is 1. The summed E-state index contributed by atoms with van der Waals surface area (Å²) in [6.07, 6.45) is 17.3. The summed E-state index contributed by atoms with van der Waals surface area (Å²) in [5, 5.41) is 23.0. The second-order valence-corrected chi connectivity index (χ2v) is 10.3. The highest BCUT2D eigenvalue weighted by Gasteiger charge is 2.39. The molecule has 0 unspecified atom stereocenters. The van der Waals surface area contributed by atoms with Crippen LogP contribution in [0.5, 0.6) is 5.75 Å². The number of hydrogen-bond acceptors (Lipinski definition) is 4. The van der Waals surface area contributed by atoms with Crippen LogP contribution in [0.1, 0.15) is 121 Å². The van der Waals surface area contributed by atoms with Gasteiger partial charge in [-0.15, -0.1) is 0 Å². The first-order valence-corrected chi connectivity index (χ1v) is 14.1. The van der Waals surface area contributed by atoms with Crippen molar-refractivity contribution in [2.24, 2.45) is 0 Å². The van der Waals surface area contributed by atoms with Gasteiger partial charge in [0.05, 0.1) is 24.2 Å². The van der Waals surface area contributed by atoms with E-state index in [1.165, 1.54) is 70.6 Å². The molecule has 3 N–H and O–H groups in total. The van der Waals surface area contributed by atoms with Crippen molar-refractivity contribution in [3.8, 4) is 5.75 Å². The molecule has 1 aliphatic rings. The molecular weight excluding hydrogens is 466 g/mol. The van der Waals surface area contributed by atoms with E-state index in [2.05, 4.69) is 12.2 Å². The number of aliphatic carboxylic acids is 2. The quantitative estimate of drug-likeness (QED) is 0.174. The summed E-state index contributed by atoms with van der Waals surface area (Å²) in [6.45, 7) is 5.62. The molecule has 0 fully saturated rings. The van der Waals surface area contributed by atoms with Crippen LogP contribution in [0.4, 0.5) is 0 Å². The molecule has 6 nitrogen and oxygen atoms in total. The van der Waals surface area contributed by atoms with E-state index < -0.39 is 17.9 Å². The third kappa shape index (κ3) is 8.94. The molecule has 0 amide bonds. The number of methoxy groups -OCH3 is 1. The van der Waals surface area contributed by atoms with Crippen LogP contribution in [-0.4, -0.2) is 29.3 Å². The van der Waals surface area contributed by atoms with E-state index in [9.17, 15) is 19.8 Å². The van der Waals surface area contributed by atoms with Crippen molar-refractivity contribution in [2.45, 2.75) is 117 Å². The summed E-state index contributed by atoms with van der Waals surface area (Å²) in [6, 6.07) is 5.66. The molecule has 0 saturated carbocycles. The third-order valence-electron chi connectivity index (χ3n) is 7.44. The lowest BCUT2D eigenvalue weighted by Gasteiger charge is -2.31. The molecule has 1 aromatic carbocycles. The van der Waals surface area contributed by atoms with Crippen molar-refractivity contribution < 1.29 is 24.5 Å². The van der Waals surface area contributed by atoms with Gasteiger partial charge in [0, 0.05) is 17.0 Å². The number of hydrogen-bond donors (Lipinski definition) is 3. The van der Waals surface area contributed by atoms with Gasteiger partial charge < -0.3 is 20.3 Å². The summed E-state index contributed by atoms with van der Waals surface area (Å²) < 4.78 is 5.63. The smallest absolute Gasteiger partial charge is 0.334 e. The van der Waals surface area contributed by atoms with Gasteiger partial charge in [0.1, 0.15) is 5.75 Å². The Morgan fingerprint density at radius 2 is 1.24 bits per heavy atom. The Balaban J connectivity index is 2.00. The third-order valence-corrected chi connectivity index (χ3v) is 7.44. The van der Waals surface area contributed by atoms with Gasteiger partial charge in [0.15, 0.2) is 0 Å². The van der Waals surface area contributed by atoms with Gasteiger partial charge in [-0.3, -0.25) is 0 Å². The molecule has 6 heteroatoms. The van der Waals surface area contributed by atoms with Gasteiger partial charge >= 0.3 is 11.9 Å². The fourth-order valence-corrected chi connectivity index (χ4v) is 5.50. The van der Waals surface area contributed by atoms with E-state index >= 15 is 0 Å². The normalized spacial score (nSPS) is 14.2. The van der Waals surface area contributed by atoms with E-state index in [1.807, 2.05) is 12.1 Å². The highest BCUT2D eigenvalue weighted by molar-refractivity contribution is 5.98. The number of unbranched alkanes of at least 4 members (excludes halogenated alkanes) is 12. The number of rotatable bonds is 18. The van der Waals surface area contributed by atoms with Crippen LogP contribution in [0.25, 0.3) is 0 Å². The lowest BCUT2D eigenvalue weighted by Crippen LogP contribution is -2.31. The predicted octanol–water partition coefficient (Wildman–Crippen LogP) is 7.73. The number of carboxylic acid groups (broad SMARTS) is 2. The van der Waals surface area contributed by atoms with Crippen LogP contribution in [0.15, 0.2) is 40.7 Å². The number of carboxylic acids is 2. The molecule has 2 rings (SSSR count). The maximum atomic E-state index is 12.3. The largest absolute Gasteiger partial charge is 0.496 e. The summed E-state index contributed by atoms with van der Waals surface area (Å²) in [4.78, 5) is 24.5. The summed E-state index contributed by atoms with van der Waals surface area (Å²) in [7, 11) is 1.54. The minimum absolute atomic E-state index is 0.0547. The van der Waals surface area contributed by atoms with Crippen molar-refractivity contribution in [3.63, 3.8) is 0 Å². The first kappa shape index (κ1) is 30.5. The standard InChI is InChI=1S/C31H47NO5/c1-5-6-7-8-9-10-11-12-13-14-15-16-17-19-24-20-18-21-25(37-4)28(24)29-26(30(33)34)22(2)32-23(3)27(29)31(35)36/h18,20-21,29,32H,5-17,19H2,1-4H3,(H,33,34)(H,35,36). The average Bonchev–Trinajstić information content (AvgIpc) is 2.85. The number of carbonyl (C=O) groups is 2. The van der Waals surface area contributed by atoms with Crippen molar-refractivity contribution in [2.75, 3.05) is 7.11 Å². The zero-order chi connectivity index (χ0) is 27.2. The van der Waals surface area contributed by atoms with Gasteiger partial charge in [0.25, 0.3) is 0 Å². The molecule has 0 aromatic heterocycles. The first-order valence-electron chi connectivity index (χ1n) is 14.1. The first-order chi connectivity index (χ1) is 17.8. The molecule has 0 aliphatic carbocycles. The second kappa shape index (κ2) is 16.2. The predicted molar refractivity (Wildman–Crippen MR) is 149 cm³/mol. The topological polar surface area (TPSA) is 95.9 Å². The Bertz CT molecular complexity index is 926. The fraction of sp³-hybridized carbons (Fsp3) is 0.613. The molecule has 1 aliphatic heterocycles. The lowest BCUT2D eigenvalue weighted by atomic mass is 9.77. The minimum atomic E-state index is -1.13. The number of benzene rings is 1. The number of dihydropyridines is 1. The van der Waals surface area contributed by atoms with Crippen LogP contribution in [0, 0.1) is 0 Å². The number of allylic oxidation sites excluding steroid dienone is 2. The average molecular weight is 514 g/mol. The molecule has 0 atom stereocenters. The molecular formula is C31H47NO5. The van der Waals surface area contributed by atoms with Gasteiger partial charge in [-0.05, 0) is 38.3 Å². The number of ether oxygens (including phenoxy) is 1. The van der Waals surface area contributed by atoms with Crippen molar-refractivity contribution in [1.29, 1.82) is 0 Å². The van der Waals surface area contributed by atoms with E-state index in [-0.39, 0.29) is 11.1 Å². The van der Waals surface area contributed by atoms with E-state index in [0.29, 0.717) is 22.7 Å². The van der Waals surface area contributed by atoms with Crippen molar-refractivity contribution in [3.05, 3.63) is 51.9 Å². The number of nitrogens with one attached hydrogen (secondary N) is 1. The monoisotopic (exact) mass is 513 g/mol. The lowest BCUT2D eigenvalue weighted by molar-refractivity contribution is -0.133. The Labute approximate surface area is 223 Å². The van der Waals surface area contributed by atoms with Gasteiger partial charge in [-0.2, -0.15) is 0 Å². The van der Waals surface area contributed by atoms with Crippen LogP contribution in [0.2, 0.25) is 0 Å². The molecule has 1 aromatic rings. The van der Waals surface area contributed by atoms with Crippen LogP contribution >= 0.6 is 0 Å². The molecule has 0 saturated heterocycles. The minimum Gasteiger partial charge on any atom is -0.496 e. The summed E-state index contributed by atoms with van der Waals surface area (Å²) in [5.74, 6) is -2.63. The molecule has 0 radical (unpaired) electrons. The molecule has 0 bridgehead atoms. The molecule has 206 valence electrons. The van der Waals surface area contributed by atoms with E-state index in [4.69, 9.17) is 4.74 Å². The Morgan fingerprint density at radius 1 is 0.784 bits per heavy atom. The maximum Gasteiger partial charge on any atom is 0.334 e. The highest BCUT2D eigenvalue weighted by Crippen LogP contribution is 2.44. The van der Waals surface area contributed by atoms with E-state index in [1.54, 1.807) is 27.0 Å². The maximum absolute atomic E-state index is 12.3. The fourth-order valence-electron chi connectivity index (χ4n) is 5.50. The molecule has 1 heterocycles. The summed E-state index contributed by atoms with van der Waals surface area (Å²) in [5.41, 5.74) is 2.63. The van der Waals surface area contributed by atoms with Crippen molar-refractivity contribution in [1.82, 2.24) is 5.32 Å². The Morgan fingerprint density at radius 3 is 1.68 bits per heavy atom. The Kier molecular flexibility index (Phi) is 13.3. The van der Waals surface area contributed by atoms with Crippen LogP contribution in [0.3, 0.4) is 0 Å². The van der Waals surface area contributed by atoms with Gasteiger partial charge in [0.2, 0.25) is 0 Å².